The minimum absolute atomic E-state index is 0.229. The average molecular weight is 263 g/mol. The number of halogens is 1. The Morgan fingerprint density at radius 3 is 2.50 bits per heavy atom. The van der Waals surface area contributed by atoms with E-state index in [2.05, 4.69) is 0 Å². The summed E-state index contributed by atoms with van der Waals surface area (Å²) in [7, 11) is -1.21. The molecule has 0 aliphatic carbocycles. The summed E-state index contributed by atoms with van der Waals surface area (Å²) in [6.45, 7) is 1.97. The van der Waals surface area contributed by atoms with Gasteiger partial charge in [0.05, 0.1) is 16.6 Å². The van der Waals surface area contributed by atoms with Gasteiger partial charge in [-0.1, -0.05) is 17.7 Å². The molecule has 1 unspecified atom stereocenters. The highest BCUT2D eigenvalue weighted by molar-refractivity contribution is 7.84. The van der Waals surface area contributed by atoms with E-state index < -0.39 is 10.8 Å². The van der Waals surface area contributed by atoms with E-state index in [4.69, 9.17) is 5.73 Å². The molecule has 4 heteroatoms. The molecule has 2 aromatic carbocycles. The molecule has 0 fully saturated rings. The van der Waals surface area contributed by atoms with Gasteiger partial charge in [-0.05, 0) is 42.8 Å². The first-order chi connectivity index (χ1) is 8.56. The standard InChI is InChI=1S/C14H14FNOS/c1-10-2-5-13(6-3-10)18(17)9-11-8-12(15)4-7-14(11)16/h2-8H,9,16H2,1H3. The van der Waals surface area contributed by atoms with Crippen molar-refractivity contribution < 1.29 is 8.60 Å². The number of benzene rings is 2. The van der Waals surface area contributed by atoms with Gasteiger partial charge in [-0.15, -0.1) is 0 Å². The number of aryl methyl sites for hydroxylation is 1. The largest absolute Gasteiger partial charge is 0.398 e. The van der Waals surface area contributed by atoms with Crippen molar-refractivity contribution in [3.8, 4) is 0 Å². The van der Waals surface area contributed by atoms with Crippen molar-refractivity contribution in [2.75, 3.05) is 5.73 Å². The zero-order valence-corrected chi connectivity index (χ0v) is 10.8. The highest BCUT2D eigenvalue weighted by atomic mass is 32.2. The van der Waals surface area contributed by atoms with Crippen LogP contribution in [0.5, 0.6) is 0 Å². The lowest BCUT2D eigenvalue weighted by atomic mass is 10.2. The first kappa shape index (κ1) is 12.8. The third-order valence-corrected chi connectivity index (χ3v) is 4.05. The molecule has 0 radical (unpaired) electrons. The van der Waals surface area contributed by atoms with Crippen LogP contribution in [0.3, 0.4) is 0 Å². The Morgan fingerprint density at radius 2 is 1.83 bits per heavy atom. The summed E-state index contributed by atoms with van der Waals surface area (Å²) < 4.78 is 25.2. The normalized spacial score (nSPS) is 12.3. The van der Waals surface area contributed by atoms with Crippen LogP contribution in [0.4, 0.5) is 10.1 Å². The molecular formula is C14H14FNOS. The molecule has 1 atom stereocenters. The second-order valence-electron chi connectivity index (χ2n) is 4.15. The van der Waals surface area contributed by atoms with Crippen molar-refractivity contribution in [2.45, 2.75) is 17.6 Å². The number of hydrogen-bond acceptors (Lipinski definition) is 2. The van der Waals surface area contributed by atoms with Crippen LogP contribution in [-0.4, -0.2) is 4.21 Å². The molecule has 0 bridgehead atoms. The maximum atomic E-state index is 13.1. The van der Waals surface area contributed by atoms with E-state index in [1.54, 1.807) is 0 Å². The Labute approximate surface area is 108 Å². The van der Waals surface area contributed by atoms with Gasteiger partial charge in [0.25, 0.3) is 0 Å². The monoisotopic (exact) mass is 263 g/mol. The highest BCUT2D eigenvalue weighted by Gasteiger charge is 2.08. The Morgan fingerprint density at radius 1 is 1.17 bits per heavy atom. The molecule has 2 aromatic rings. The highest BCUT2D eigenvalue weighted by Crippen LogP contribution is 2.19. The van der Waals surface area contributed by atoms with Gasteiger partial charge < -0.3 is 5.73 Å². The summed E-state index contributed by atoms with van der Waals surface area (Å²) in [5, 5.41) is 0. The number of nitrogen functional groups attached to an aromatic ring is 1. The van der Waals surface area contributed by atoms with Crippen LogP contribution < -0.4 is 5.73 Å². The summed E-state index contributed by atoms with van der Waals surface area (Å²) in [6, 6.07) is 11.6. The van der Waals surface area contributed by atoms with Gasteiger partial charge in [0.15, 0.2) is 0 Å². The maximum absolute atomic E-state index is 13.1. The van der Waals surface area contributed by atoms with Crippen LogP contribution in [0.25, 0.3) is 0 Å². The molecule has 2 nitrogen and oxygen atoms in total. The van der Waals surface area contributed by atoms with Crippen molar-refractivity contribution in [3.63, 3.8) is 0 Å². The van der Waals surface area contributed by atoms with Crippen molar-refractivity contribution >= 4 is 16.5 Å². The zero-order chi connectivity index (χ0) is 13.1. The average Bonchev–Trinajstić information content (AvgIpc) is 2.34. The predicted molar refractivity (Wildman–Crippen MR) is 72.1 cm³/mol. The molecule has 0 aliphatic rings. The summed E-state index contributed by atoms with van der Waals surface area (Å²) in [5.74, 6) is -0.132. The first-order valence-corrected chi connectivity index (χ1v) is 6.87. The SMILES string of the molecule is Cc1ccc(S(=O)Cc2cc(F)ccc2N)cc1. The van der Waals surface area contributed by atoms with Crippen LogP contribution in [0.1, 0.15) is 11.1 Å². The lowest BCUT2D eigenvalue weighted by molar-refractivity contribution is 0.626. The fourth-order valence-electron chi connectivity index (χ4n) is 1.61. The van der Waals surface area contributed by atoms with Gasteiger partial charge in [0.2, 0.25) is 0 Å². The van der Waals surface area contributed by atoms with Crippen molar-refractivity contribution in [3.05, 3.63) is 59.4 Å². The Bertz CT molecular complexity index is 581. The van der Waals surface area contributed by atoms with E-state index in [9.17, 15) is 8.60 Å². The number of anilines is 1. The van der Waals surface area contributed by atoms with Gasteiger partial charge in [0.1, 0.15) is 5.82 Å². The Kier molecular flexibility index (Phi) is 3.77. The fourth-order valence-corrected chi connectivity index (χ4v) is 2.75. The summed E-state index contributed by atoms with van der Waals surface area (Å²) in [6.07, 6.45) is 0. The second kappa shape index (κ2) is 5.31. The number of rotatable bonds is 3. The minimum atomic E-state index is -1.21. The molecule has 2 N–H and O–H groups in total. The molecule has 2 rings (SSSR count). The van der Waals surface area contributed by atoms with E-state index in [1.807, 2.05) is 31.2 Å². The molecular weight excluding hydrogens is 249 g/mol. The van der Waals surface area contributed by atoms with Crippen molar-refractivity contribution in [2.24, 2.45) is 0 Å². The van der Waals surface area contributed by atoms with E-state index in [-0.39, 0.29) is 11.6 Å². The molecule has 0 spiro atoms. The van der Waals surface area contributed by atoms with Gasteiger partial charge >= 0.3 is 0 Å². The number of nitrogens with two attached hydrogens (primary N) is 1. The summed E-state index contributed by atoms with van der Waals surface area (Å²) >= 11 is 0. The van der Waals surface area contributed by atoms with Crippen LogP contribution in [-0.2, 0) is 16.6 Å². The summed E-state index contributed by atoms with van der Waals surface area (Å²) in [5.41, 5.74) is 7.90. The molecule has 0 heterocycles. The van der Waals surface area contributed by atoms with E-state index in [1.165, 1.54) is 18.2 Å². The maximum Gasteiger partial charge on any atom is 0.123 e. The second-order valence-corrected chi connectivity index (χ2v) is 5.60. The molecule has 94 valence electrons. The third kappa shape index (κ3) is 2.96. The molecule has 0 saturated heterocycles. The molecule has 0 amide bonds. The molecule has 18 heavy (non-hydrogen) atoms. The summed E-state index contributed by atoms with van der Waals surface area (Å²) in [4.78, 5) is 0.726. The smallest absolute Gasteiger partial charge is 0.123 e. The zero-order valence-electron chi connectivity index (χ0n) is 10.0. The van der Waals surface area contributed by atoms with Crippen molar-refractivity contribution in [1.29, 1.82) is 0 Å². The van der Waals surface area contributed by atoms with Crippen LogP contribution >= 0.6 is 0 Å². The third-order valence-electron chi connectivity index (χ3n) is 2.68. The Balaban J connectivity index is 2.21. The lowest BCUT2D eigenvalue weighted by Crippen LogP contribution is -2.01. The van der Waals surface area contributed by atoms with Gasteiger partial charge in [-0.2, -0.15) is 0 Å². The van der Waals surface area contributed by atoms with Gasteiger partial charge in [0, 0.05) is 10.6 Å². The van der Waals surface area contributed by atoms with Crippen LogP contribution in [0.15, 0.2) is 47.4 Å². The van der Waals surface area contributed by atoms with Crippen molar-refractivity contribution in [1.82, 2.24) is 0 Å². The first-order valence-electron chi connectivity index (χ1n) is 5.55. The lowest BCUT2D eigenvalue weighted by Gasteiger charge is -2.06. The Hall–Kier alpha value is -1.68. The fraction of sp³-hybridized carbons (Fsp3) is 0.143. The van der Waals surface area contributed by atoms with Crippen LogP contribution in [0, 0.1) is 12.7 Å². The molecule has 0 aromatic heterocycles. The molecule has 0 aliphatic heterocycles. The van der Waals surface area contributed by atoms with E-state index >= 15 is 0 Å². The van der Waals surface area contributed by atoms with E-state index in [0.717, 1.165) is 10.5 Å². The van der Waals surface area contributed by atoms with Gasteiger partial charge in [-0.25, -0.2) is 4.39 Å². The predicted octanol–water partition coefficient (Wildman–Crippen LogP) is 3.02. The topological polar surface area (TPSA) is 43.1 Å². The van der Waals surface area contributed by atoms with E-state index in [0.29, 0.717) is 11.3 Å². The van der Waals surface area contributed by atoms with Gasteiger partial charge in [-0.3, -0.25) is 4.21 Å². The minimum Gasteiger partial charge on any atom is -0.398 e. The number of hydrogen-bond donors (Lipinski definition) is 1. The quantitative estimate of drug-likeness (QED) is 0.865. The van der Waals surface area contributed by atoms with Crippen LogP contribution in [0.2, 0.25) is 0 Å². The molecule has 0 saturated carbocycles.